The molecule has 4 nitrogen and oxygen atoms in total. The molecule has 0 saturated heterocycles. The normalized spacial score (nSPS) is 11.6. The second-order valence-electron chi connectivity index (χ2n) is 5.82. The van der Waals surface area contributed by atoms with Crippen LogP contribution in [-0.2, 0) is 11.2 Å². The minimum absolute atomic E-state index is 0.0923. The first kappa shape index (κ1) is 17.9. The quantitative estimate of drug-likeness (QED) is 0.755. The van der Waals surface area contributed by atoms with Crippen LogP contribution in [0.3, 0.4) is 0 Å². The second kappa shape index (κ2) is 8.96. The average molecular weight is 327 g/mol. The summed E-state index contributed by atoms with van der Waals surface area (Å²) >= 11 is 0. The van der Waals surface area contributed by atoms with Gasteiger partial charge in [-0.25, -0.2) is 0 Å². The smallest absolute Gasteiger partial charge is 0.260 e. The summed E-state index contributed by atoms with van der Waals surface area (Å²) in [5, 5.41) is 2.92. The Morgan fingerprint density at radius 3 is 2.29 bits per heavy atom. The van der Waals surface area contributed by atoms with Crippen molar-refractivity contribution in [2.75, 3.05) is 13.7 Å². The highest BCUT2D eigenvalue weighted by molar-refractivity contribution is 5.80. The molecule has 2 aromatic carbocycles. The van der Waals surface area contributed by atoms with Crippen molar-refractivity contribution in [2.45, 2.75) is 32.8 Å². The molecule has 0 bridgehead atoms. The minimum atomic E-state index is -0.506. The Morgan fingerprint density at radius 2 is 1.67 bits per heavy atom. The lowest BCUT2D eigenvalue weighted by Crippen LogP contribution is -2.36. The van der Waals surface area contributed by atoms with E-state index < -0.39 is 6.10 Å². The molecule has 0 heterocycles. The van der Waals surface area contributed by atoms with E-state index in [2.05, 4.69) is 5.32 Å². The summed E-state index contributed by atoms with van der Waals surface area (Å²) in [4.78, 5) is 12.1. The van der Waals surface area contributed by atoms with Gasteiger partial charge in [0.05, 0.1) is 7.11 Å². The van der Waals surface area contributed by atoms with Gasteiger partial charge in [0.15, 0.2) is 6.10 Å². The molecule has 2 rings (SSSR count). The van der Waals surface area contributed by atoms with Crippen molar-refractivity contribution in [3.63, 3.8) is 0 Å². The fraction of sp³-hybridized carbons (Fsp3) is 0.350. The van der Waals surface area contributed by atoms with Crippen LogP contribution in [0.2, 0.25) is 0 Å². The molecule has 128 valence electrons. The van der Waals surface area contributed by atoms with Crippen molar-refractivity contribution in [3.8, 4) is 11.5 Å². The van der Waals surface area contributed by atoms with Crippen molar-refractivity contribution >= 4 is 5.91 Å². The number of benzene rings is 2. The van der Waals surface area contributed by atoms with Gasteiger partial charge in [-0.2, -0.15) is 0 Å². The molecule has 2 aromatic rings. The maximum atomic E-state index is 12.1. The molecule has 0 aliphatic heterocycles. The Kier molecular flexibility index (Phi) is 6.67. The van der Waals surface area contributed by atoms with Crippen LogP contribution < -0.4 is 14.8 Å². The van der Waals surface area contributed by atoms with Crippen molar-refractivity contribution in [1.82, 2.24) is 5.32 Å². The Bertz CT molecular complexity index is 635. The van der Waals surface area contributed by atoms with Crippen LogP contribution in [0.15, 0.2) is 48.5 Å². The van der Waals surface area contributed by atoms with E-state index in [1.165, 1.54) is 5.56 Å². The van der Waals surface area contributed by atoms with E-state index in [1.807, 2.05) is 55.5 Å². The predicted molar refractivity (Wildman–Crippen MR) is 95.6 cm³/mol. The third-order valence-corrected chi connectivity index (χ3v) is 3.80. The van der Waals surface area contributed by atoms with Crippen LogP contribution in [0.25, 0.3) is 0 Å². The molecular weight excluding hydrogens is 302 g/mol. The highest BCUT2D eigenvalue weighted by Crippen LogP contribution is 2.14. The predicted octanol–water partition coefficient (Wildman–Crippen LogP) is 3.52. The number of hydrogen-bond acceptors (Lipinski definition) is 3. The van der Waals surface area contributed by atoms with Crippen molar-refractivity contribution in [3.05, 3.63) is 59.7 Å². The van der Waals surface area contributed by atoms with Crippen LogP contribution in [0.4, 0.5) is 0 Å². The molecule has 4 heteroatoms. The van der Waals surface area contributed by atoms with Crippen LogP contribution in [-0.4, -0.2) is 25.7 Å². The zero-order chi connectivity index (χ0) is 17.4. The van der Waals surface area contributed by atoms with Gasteiger partial charge in [-0.1, -0.05) is 29.8 Å². The highest BCUT2D eigenvalue weighted by Gasteiger charge is 2.13. The molecule has 0 unspecified atom stereocenters. The molecule has 24 heavy (non-hydrogen) atoms. The maximum absolute atomic E-state index is 12.1. The number of aryl methyl sites for hydroxylation is 2. The summed E-state index contributed by atoms with van der Waals surface area (Å²) in [6.07, 6.45) is 1.29. The zero-order valence-corrected chi connectivity index (χ0v) is 14.5. The summed E-state index contributed by atoms with van der Waals surface area (Å²) in [6.45, 7) is 4.41. The van der Waals surface area contributed by atoms with Crippen LogP contribution in [0, 0.1) is 6.92 Å². The third kappa shape index (κ3) is 5.61. The Labute approximate surface area is 143 Å². The lowest BCUT2D eigenvalue weighted by atomic mass is 10.1. The lowest BCUT2D eigenvalue weighted by Gasteiger charge is -2.15. The van der Waals surface area contributed by atoms with Crippen LogP contribution in [0.5, 0.6) is 11.5 Å². The number of nitrogens with one attached hydrogen (secondary N) is 1. The van der Waals surface area contributed by atoms with E-state index in [4.69, 9.17) is 9.47 Å². The SMILES string of the molecule is COc1ccc(CCCNC(=O)[C@H](C)Oc2ccc(C)cc2)cc1. The molecular formula is C20H25NO3. The van der Waals surface area contributed by atoms with E-state index in [0.717, 1.165) is 24.2 Å². The number of ether oxygens (including phenoxy) is 2. The summed E-state index contributed by atoms with van der Waals surface area (Å²) < 4.78 is 10.8. The third-order valence-electron chi connectivity index (χ3n) is 3.80. The average Bonchev–Trinajstić information content (AvgIpc) is 2.61. The zero-order valence-electron chi connectivity index (χ0n) is 14.5. The summed E-state index contributed by atoms with van der Waals surface area (Å²) in [6, 6.07) is 15.7. The van der Waals surface area contributed by atoms with Gasteiger partial charge < -0.3 is 14.8 Å². The highest BCUT2D eigenvalue weighted by atomic mass is 16.5. The molecule has 0 spiro atoms. The van der Waals surface area contributed by atoms with Crippen molar-refractivity contribution < 1.29 is 14.3 Å². The molecule has 0 aliphatic rings. The van der Waals surface area contributed by atoms with E-state index in [1.54, 1.807) is 14.0 Å². The van der Waals surface area contributed by atoms with Gasteiger partial charge in [0, 0.05) is 6.54 Å². The molecule has 0 fully saturated rings. The maximum Gasteiger partial charge on any atom is 0.260 e. The van der Waals surface area contributed by atoms with Crippen molar-refractivity contribution in [1.29, 1.82) is 0 Å². The van der Waals surface area contributed by atoms with Crippen molar-refractivity contribution in [2.24, 2.45) is 0 Å². The lowest BCUT2D eigenvalue weighted by molar-refractivity contribution is -0.127. The number of methoxy groups -OCH3 is 1. The van der Waals surface area contributed by atoms with E-state index in [0.29, 0.717) is 12.3 Å². The number of hydrogen-bond donors (Lipinski definition) is 1. The molecule has 0 radical (unpaired) electrons. The number of amides is 1. The molecule has 1 amide bonds. The van der Waals surface area contributed by atoms with Crippen LogP contribution in [0.1, 0.15) is 24.5 Å². The van der Waals surface area contributed by atoms with E-state index >= 15 is 0 Å². The monoisotopic (exact) mass is 327 g/mol. The first-order chi connectivity index (χ1) is 11.6. The number of rotatable bonds is 8. The molecule has 0 aromatic heterocycles. The fourth-order valence-electron chi connectivity index (χ4n) is 2.31. The molecule has 0 saturated carbocycles. The van der Waals surface area contributed by atoms with Gasteiger partial charge in [0.1, 0.15) is 11.5 Å². The Hall–Kier alpha value is -2.49. The molecule has 0 aliphatic carbocycles. The number of carbonyl (C=O) groups is 1. The Balaban J connectivity index is 1.69. The van der Waals surface area contributed by atoms with Gasteiger partial charge in [0.25, 0.3) is 5.91 Å². The minimum Gasteiger partial charge on any atom is -0.497 e. The topological polar surface area (TPSA) is 47.6 Å². The Morgan fingerprint density at radius 1 is 1.04 bits per heavy atom. The molecule has 1 atom stereocenters. The number of carbonyl (C=O) groups excluding carboxylic acids is 1. The molecule has 1 N–H and O–H groups in total. The largest absolute Gasteiger partial charge is 0.497 e. The first-order valence-corrected chi connectivity index (χ1v) is 8.22. The van der Waals surface area contributed by atoms with E-state index in [9.17, 15) is 4.79 Å². The summed E-state index contributed by atoms with van der Waals surface area (Å²) in [5.41, 5.74) is 2.40. The first-order valence-electron chi connectivity index (χ1n) is 8.22. The second-order valence-corrected chi connectivity index (χ2v) is 5.82. The van der Waals surface area contributed by atoms with Gasteiger partial charge in [-0.15, -0.1) is 0 Å². The van der Waals surface area contributed by atoms with Gasteiger partial charge in [0.2, 0.25) is 0 Å². The van der Waals surface area contributed by atoms with Gasteiger partial charge in [-0.3, -0.25) is 4.79 Å². The fourth-order valence-corrected chi connectivity index (χ4v) is 2.31. The van der Waals surface area contributed by atoms with Gasteiger partial charge >= 0.3 is 0 Å². The standard InChI is InChI=1S/C20H25NO3/c1-15-6-10-19(11-7-15)24-16(2)20(22)21-14-4-5-17-8-12-18(23-3)13-9-17/h6-13,16H,4-5,14H2,1-3H3,(H,21,22)/t16-/m0/s1. The summed E-state index contributed by atoms with van der Waals surface area (Å²) in [7, 11) is 1.66. The van der Waals surface area contributed by atoms with Gasteiger partial charge in [-0.05, 0) is 56.5 Å². The summed E-state index contributed by atoms with van der Waals surface area (Å²) in [5.74, 6) is 1.47. The van der Waals surface area contributed by atoms with E-state index in [-0.39, 0.29) is 5.91 Å². The van der Waals surface area contributed by atoms with Crippen LogP contribution >= 0.6 is 0 Å².